The molecule has 37 heavy (non-hydrogen) atoms. The van der Waals surface area contributed by atoms with Crippen molar-refractivity contribution in [3.63, 3.8) is 0 Å². The molecule has 0 radical (unpaired) electrons. The van der Waals surface area contributed by atoms with Crippen molar-refractivity contribution in [2.75, 3.05) is 11.9 Å². The van der Waals surface area contributed by atoms with Crippen LogP contribution in [0.1, 0.15) is 57.6 Å². The van der Waals surface area contributed by atoms with E-state index in [1.54, 1.807) is 11.8 Å². The number of rotatable bonds is 9. The highest BCUT2D eigenvalue weighted by Crippen LogP contribution is 2.37. The molecule has 1 aliphatic rings. The van der Waals surface area contributed by atoms with Crippen molar-refractivity contribution in [3.8, 4) is 5.75 Å². The highest BCUT2D eigenvalue weighted by Gasteiger charge is 2.33. The third kappa shape index (κ3) is 7.80. The fraction of sp³-hybridized carbons (Fsp3) is 0.481. The van der Waals surface area contributed by atoms with E-state index in [9.17, 15) is 27.9 Å². The number of thioether (sulfide) groups is 1. The van der Waals surface area contributed by atoms with Gasteiger partial charge >= 0.3 is 18.4 Å². The SMILES string of the molecule is CCCN(C(=O)Nc1ccc(OC(F)(F)F)cc1)C1CCc2ccc(SC(C)(CC)C(=O)O)cc2CC1. The van der Waals surface area contributed by atoms with Crippen LogP contribution in [-0.2, 0) is 17.6 Å². The Labute approximate surface area is 219 Å². The monoisotopic (exact) mass is 538 g/mol. The number of nitrogens with zero attached hydrogens (tertiary/aromatic N) is 1. The Balaban J connectivity index is 1.68. The predicted octanol–water partition coefficient (Wildman–Crippen LogP) is 7.12. The number of carboxylic acid groups (broad SMARTS) is 1. The molecular formula is C27H33F3N2O4S. The molecule has 2 aromatic carbocycles. The van der Waals surface area contributed by atoms with Gasteiger partial charge in [0.25, 0.3) is 0 Å². The van der Waals surface area contributed by atoms with Crippen molar-refractivity contribution in [1.82, 2.24) is 4.90 Å². The maximum atomic E-state index is 13.2. The highest BCUT2D eigenvalue weighted by molar-refractivity contribution is 8.01. The van der Waals surface area contributed by atoms with Crippen molar-refractivity contribution in [2.24, 2.45) is 0 Å². The van der Waals surface area contributed by atoms with Crippen LogP contribution >= 0.6 is 11.8 Å². The van der Waals surface area contributed by atoms with Crippen molar-refractivity contribution in [2.45, 2.75) is 81.3 Å². The molecule has 0 spiro atoms. The van der Waals surface area contributed by atoms with Gasteiger partial charge in [-0.3, -0.25) is 4.79 Å². The van der Waals surface area contributed by atoms with Crippen LogP contribution in [-0.4, -0.2) is 45.7 Å². The third-order valence-electron chi connectivity index (χ3n) is 6.65. The van der Waals surface area contributed by atoms with E-state index in [4.69, 9.17) is 0 Å². The number of ether oxygens (including phenoxy) is 1. The number of hydrogen-bond acceptors (Lipinski definition) is 4. The first-order valence-electron chi connectivity index (χ1n) is 12.4. The minimum atomic E-state index is -4.77. The van der Waals surface area contributed by atoms with E-state index in [2.05, 4.69) is 22.2 Å². The van der Waals surface area contributed by atoms with Crippen LogP contribution in [0.15, 0.2) is 47.4 Å². The Morgan fingerprint density at radius 2 is 1.73 bits per heavy atom. The third-order valence-corrected chi connectivity index (χ3v) is 8.05. The number of urea groups is 1. The molecule has 202 valence electrons. The number of hydrogen-bond donors (Lipinski definition) is 2. The molecule has 0 saturated heterocycles. The summed E-state index contributed by atoms with van der Waals surface area (Å²) in [7, 11) is 0. The van der Waals surface area contributed by atoms with Crippen LogP contribution in [0.5, 0.6) is 5.75 Å². The number of benzene rings is 2. The van der Waals surface area contributed by atoms with E-state index in [1.165, 1.54) is 47.2 Å². The van der Waals surface area contributed by atoms with Gasteiger partial charge in [-0.2, -0.15) is 0 Å². The van der Waals surface area contributed by atoms with E-state index in [0.29, 0.717) is 18.7 Å². The second-order valence-corrected chi connectivity index (χ2v) is 10.9. The lowest BCUT2D eigenvalue weighted by atomic mass is 10.0. The molecule has 2 amide bonds. The number of amides is 2. The molecular weight excluding hydrogens is 505 g/mol. The maximum absolute atomic E-state index is 13.2. The van der Waals surface area contributed by atoms with Gasteiger partial charge in [0.05, 0.1) is 0 Å². The largest absolute Gasteiger partial charge is 0.573 e. The van der Waals surface area contributed by atoms with E-state index in [0.717, 1.165) is 37.0 Å². The Morgan fingerprint density at radius 3 is 2.30 bits per heavy atom. The number of aliphatic carboxylic acids is 1. The van der Waals surface area contributed by atoms with Gasteiger partial charge in [0.1, 0.15) is 10.5 Å². The second-order valence-electron chi connectivity index (χ2n) is 9.35. The summed E-state index contributed by atoms with van der Waals surface area (Å²) in [5, 5.41) is 12.4. The molecule has 2 atom stereocenters. The fourth-order valence-corrected chi connectivity index (χ4v) is 5.48. The van der Waals surface area contributed by atoms with Gasteiger partial charge in [-0.1, -0.05) is 19.9 Å². The number of anilines is 1. The molecule has 0 heterocycles. The van der Waals surface area contributed by atoms with E-state index in [1.807, 2.05) is 19.9 Å². The summed E-state index contributed by atoms with van der Waals surface area (Å²) < 4.78 is 40.2. The van der Waals surface area contributed by atoms with Gasteiger partial charge in [0.15, 0.2) is 0 Å². The van der Waals surface area contributed by atoms with Crippen molar-refractivity contribution >= 4 is 29.4 Å². The number of nitrogens with one attached hydrogen (secondary N) is 1. The predicted molar refractivity (Wildman–Crippen MR) is 138 cm³/mol. The number of carbonyl (C=O) groups excluding carboxylic acids is 1. The zero-order chi connectivity index (χ0) is 27.2. The van der Waals surface area contributed by atoms with Crippen molar-refractivity contribution < 1.29 is 32.6 Å². The number of fused-ring (bicyclic) bond motifs is 1. The van der Waals surface area contributed by atoms with Crippen LogP contribution in [0.2, 0.25) is 0 Å². The Hall–Kier alpha value is -2.88. The van der Waals surface area contributed by atoms with Gasteiger partial charge in [-0.05, 0) is 93.0 Å². The maximum Gasteiger partial charge on any atom is 0.573 e. The van der Waals surface area contributed by atoms with E-state index < -0.39 is 17.1 Å². The minimum Gasteiger partial charge on any atom is -0.480 e. The summed E-state index contributed by atoms with van der Waals surface area (Å²) in [5.74, 6) is -1.18. The van der Waals surface area contributed by atoms with Gasteiger partial charge in [0.2, 0.25) is 0 Å². The van der Waals surface area contributed by atoms with Crippen molar-refractivity contribution in [3.05, 3.63) is 53.6 Å². The van der Waals surface area contributed by atoms with Gasteiger partial charge < -0.3 is 20.1 Å². The van der Waals surface area contributed by atoms with E-state index >= 15 is 0 Å². The molecule has 0 saturated carbocycles. The molecule has 0 aromatic heterocycles. The van der Waals surface area contributed by atoms with Crippen LogP contribution < -0.4 is 10.1 Å². The number of carbonyl (C=O) groups is 2. The fourth-order valence-electron chi connectivity index (χ4n) is 4.40. The first kappa shape index (κ1) is 28.7. The van der Waals surface area contributed by atoms with Crippen LogP contribution in [0.25, 0.3) is 0 Å². The first-order valence-corrected chi connectivity index (χ1v) is 13.2. The molecule has 1 aliphatic carbocycles. The summed E-state index contributed by atoms with van der Waals surface area (Å²) in [5.41, 5.74) is 2.77. The summed E-state index contributed by atoms with van der Waals surface area (Å²) in [6.45, 7) is 6.15. The first-order chi connectivity index (χ1) is 17.4. The standard InChI is InChI=1S/C27H33F3N2O4S/c1-4-16-32(25(35)31-20-9-13-22(14-10-20)36-27(28,29)30)21-11-6-18-8-15-23(17-19(18)7-12-21)37-26(3,5-2)24(33)34/h8-10,13-15,17,21H,4-7,11-12,16H2,1-3H3,(H,31,35)(H,33,34). The number of halogens is 3. The lowest BCUT2D eigenvalue weighted by molar-refractivity contribution is -0.274. The molecule has 10 heteroatoms. The van der Waals surface area contributed by atoms with Gasteiger partial charge in [-0.15, -0.1) is 24.9 Å². The number of alkyl halides is 3. The Kier molecular flexibility index (Phi) is 9.39. The molecule has 0 aliphatic heterocycles. The summed E-state index contributed by atoms with van der Waals surface area (Å²) in [6.07, 6.45) is -0.394. The lowest BCUT2D eigenvalue weighted by Gasteiger charge is -2.31. The number of carboxylic acids is 1. The molecule has 0 fully saturated rings. The molecule has 2 aromatic rings. The highest BCUT2D eigenvalue weighted by atomic mass is 32.2. The quantitative estimate of drug-likeness (QED) is 0.262. The van der Waals surface area contributed by atoms with Crippen LogP contribution in [0, 0.1) is 0 Å². The zero-order valence-corrected chi connectivity index (χ0v) is 22.0. The lowest BCUT2D eigenvalue weighted by Crippen LogP contribution is -2.43. The zero-order valence-electron chi connectivity index (χ0n) is 21.2. The summed E-state index contributed by atoms with van der Waals surface area (Å²) >= 11 is 1.36. The van der Waals surface area contributed by atoms with Gasteiger partial charge in [-0.25, -0.2) is 4.79 Å². The smallest absolute Gasteiger partial charge is 0.480 e. The average molecular weight is 539 g/mol. The molecule has 2 unspecified atom stereocenters. The molecule has 2 N–H and O–H groups in total. The Bertz CT molecular complexity index is 1090. The molecule has 3 rings (SSSR count). The average Bonchev–Trinajstić information content (AvgIpc) is 3.04. The topological polar surface area (TPSA) is 78.9 Å². The molecule has 0 bridgehead atoms. The minimum absolute atomic E-state index is 0.00350. The summed E-state index contributed by atoms with van der Waals surface area (Å²) in [6, 6.07) is 10.9. The second kappa shape index (κ2) is 12.1. The Morgan fingerprint density at radius 1 is 1.08 bits per heavy atom. The van der Waals surface area contributed by atoms with Crippen LogP contribution in [0.3, 0.4) is 0 Å². The van der Waals surface area contributed by atoms with Crippen molar-refractivity contribution in [1.29, 1.82) is 0 Å². The van der Waals surface area contributed by atoms with Crippen LogP contribution in [0.4, 0.5) is 23.7 Å². The number of aryl methyl sites for hydroxylation is 2. The molecule has 6 nitrogen and oxygen atoms in total. The van der Waals surface area contributed by atoms with E-state index in [-0.39, 0.29) is 17.8 Å². The summed E-state index contributed by atoms with van der Waals surface area (Å²) in [4.78, 5) is 27.6. The van der Waals surface area contributed by atoms with Gasteiger partial charge in [0, 0.05) is 23.2 Å². The normalized spacial score (nSPS) is 17.2.